The Labute approximate surface area is 194 Å². The number of ether oxygens (including phenoxy) is 4. The molecule has 0 atom stereocenters. The number of aromatic carboxylic acids is 1. The van der Waals surface area contributed by atoms with Crippen LogP contribution in [0.2, 0.25) is 5.02 Å². The van der Waals surface area contributed by atoms with E-state index in [-0.39, 0.29) is 19.0 Å². The van der Waals surface area contributed by atoms with E-state index in [1.54, 1.807) is 29.9 Å². The molecule has 1 aromatic heterocycles. The Hall–Kier alpha value is -3.84. The third-order valence-electron chi connectivity index (χ3n) is 5.50. The van der Waals surface area contributed by atoms with Crippen molar-refractivity contribution in [3.63, 3.8) is 0 Å². The molecule has 0 saturated heterocycles. The van der Waals surface area contributed by atoms with Gasteiger partial charge in [-0.15, -0.1) is 0 Å². The summed E-state index contributed by atoms with van der Waals surface area (Å²) in [5, 5.41) is 11.0. The maximum Gasteiger partial charge on any atom is 0.352 e. The second-order valence-corrected chi connectivity index (χ2v) is 7.99. The molecule has 0 radical (unpaired) electrons. The molecular weight excluding hydrogens is 446 g/mol. The first-order valence-electron chi connectivity index (χ1n) is 10.2. The lowest BCUT2D eigenvalue weighted by Gasteiger charge is -2.12. The maximum atomic E-state index is 12.0. The summed E-state index contributed by atoms with van der Waals surface area (Å²) >= 11 is 6.43. The average molecular weight is 466 g/mol. The molecule has 0 saturated carbocycles. The molecule has 7 nitrogen and oxygen atoms in total. The monoisotopic (exact) mass is 465 g/mol. The van der Waals surface area contributed by atoms with Crippen molar-refractivity contribution in [2.45, 2.75) is 13.2 Å². The highest BCUT2D eigenvalue weighted by Crippen LogP contribution is 2.38. The summed E-state index contributed by atoms with van der Waals surface area (Å²) in [5.41, 5.74) is 2.62. The molecule has 168 valence electrons. The zero-order valence-electron chi connectivity index (χ0n) is 17.7. The summed E-state index contributed by atoms with van der Waals surface area (Å²) < 4.78 is 23.7. The Bertz CT molecular complexity index is 1360. The molecule has 0 fully saturated rings. The van der Waals surface area contributed by atoms with Crippen molar-refractivity contribution >= 4 is 28.5 Å². The van der Waals surface area contributed by atoms with Crippen molar-refractivity contribution in [1.82, 2.24) is 4.57 Å². The predicted octanol–water partition coefficient (Wildman–Crippen LogP) is 5.36. The third-order valence-corrected chi connectivity index (χ3v) is 5.85. The second kappa shape index (κ2) is 8.60. The largest absolute Gasteiger partial charge is 0.497 e. The fourth-order valence-corrected chi connectivity index (χ4v) is 4.08. The van der Waals surface area contributed by atoms with Gasteiger partial charge in [0.15, 0.2) is 11.5 Å². The molecule has 3 aromatic carbocycles. The zero-order chi connectivity index (χ0) is 22.9. The van der Waals surface area contributed by atoms with Gasteiger partial charge in [0, 0.05) is 22.0 Å². The highest BCUT2D eigenvalue weighted by atomic mass is 35.5. The number of nitrogens with zero attached hydrogens (tertiary/aromatic N) is 1. The van der Waals surface area contributed by atoms with E-state index >= 15 is 0 Å². The SMILES string of the molecule is COc1cccc(COc2ccc3c(c2)cc(C(=O)O)n3Cc2cc3c(cc2Cl)OCO3)c1. The summed E-state index contributed by atoms with van der Waals surface area (Å²) in [4.78, 5) is 12.0. The minimum absolute atomic E-state index is 0.139. The first-order valence-corrected chi connectivity index (χ1v) is 10.6. The van der Waals surface area contributed by atoms with Crippen LogP contribution in [0.25, 0.3) is 10.9 Å². The number of carbonyl (C=O) groups is 1. The third kappa shape index (κ3) is 4.15. The standard InChI is InChI=1S/C25H20ClNO6/c1-30-18-4-2-3-15(7-18)13-31-19-5-6-21-16(8-19)9-22(25(28)29)27(21)12-17-10-23-24(11-20(17)26)33-14-32-23/h2-11H,12-14H2,1H3,(H,28,29). The molecule has 1 N–H and O–H groups in total. The van der Waals surface area contributed by atoms with Crippen LogP contribution in [-0.4, -0.2) is 29.5 Å². The van der Waals surface area contributed by atoms with E-state index in [1.165, 1.54) is 0 Å². The molecule has 4 aromatic rings. The van der Waals surface area contributed by atoms with Crippen LogP contribution < -0.4 is 18.9 Å². The van der Waals surface area contributed by atoms with Crippen LogP contribution in [0.4, 0.5) is 0 Å². The van der Waals surface area contributed by atoms with Gasteiger partial charge in [0.2, 0.25) is 6.79 Å². The Morgan fingerprint density at radius 1 is 1.06 bits per heavy atom. The van der Waals surface area contributed by atoms with Gasteiger partial charge in [-0.2, -0.15) is 0 Å². The first-order chi connectivity index (χ1) is 16.0. The van der Waals surface area contributed by atoms with E-state index in [9.17, 15) is 9.90 Å². The van der Waals surface area contributed by atoms with Crippen LogP contribution in [0.5, 0.6) is 23.0 Å². The fraction of sp³-hybridized carbons (Fsp3) is 0.160. The molecule has 0 bridgehead atoms. The lowest BCUT2D eigenvalue weighted by atomic mass is 10.2. The number of fused-ring (bicyclic) bond motifs is 2. The molecule has 0 spiro atoms. The highest BCUT2D eigenvalue weighted by Gasteiger charge is 2.20. The molecule has 0 amide bonds. The minimum Gasteiger partial charge on any atom is -0.497 e. The number of rotatable bonds is 7. The average Bonchev–Trinajstić information content (AvgIpc) is 3.42. The second-order valence-electron chi connectivity index (χ2n) is 7.58. The molecule has 0 unspecified atom stereocenters. The van der Waals surface area contributed by atoms with Crippen LogP contribution in [0, 0.1) is 0 Å². The minimum atomic E-state index is -1.03. The maximum absolute atomic E-state index is 12.0. The van der Waals surface area contributed by atoms with Gasteiger partial charge in [-0.1, -0.05) is 23.7 Å². The number of hydrogen-bond donors (Lipinski definition) is 1. The van der Waals surface area contributed by atoms with Gasteiger partial charge in [-0.05, 0) is 53.6 Å². The molecule has 1 aliphatic rings. The van der Waals surface area contributed by atoms with Gasteiger partial charge >= 0.3 is 5.97 Å². The molecule has 0 aliphatic carbocycles. The van der Waals surface area contributed by atoms with E-state index < -0.39 is 5.97 Å². The van der Waals surface area contributed by atoms with Gasteiger partial charge in [0.05, 0.1) is 13.7 Å². The molecule has 1 aliphatic heterocycles. The van der Waals surface area contributed by atoms with Crippen LogP contribution in [0.15, 0.2) is 60.7 Å². The van der Waals surface area contributed by atoms with Crippen molar-refractivity contribution in [1.29, 1.82) is 0 Å². The summed E-state index contributed by atoms with van der Waals surface area (Å²) in [6.45, 7) is 0.771. The van der Waals surface area contributed by atoms with Crippen molar-refractivity contribution in [2.24, 2.45) is 0 Å². The van der Waals surface area contributed by atoms with E-state index in [2.05, 4.69) is 0 Å². The Kier molecular flexibility index (Phi) is 5.48. The summed E-state index contributed by atoms with van der Waals surface area (Å²) in [6.07, 6.45) is 0. The topological polar surface area (TPSA) is 79.2 Å². The number of halogens is 1. The van der Waals surface area contributed by atoms with Crippen molar-refractivity contribution in [2.75, 3.05) is 13.9 Å². The Morgan fingerprint density at radius 3 is 2.67 bits per heavy atom. The van der Waals surface area contributed by atoms with E-state index in [1.807, 2.05) is 42.5 Å². The van der Waals surface area contributed by atoms with Gasteiger partial charge in [0.25, 0.3) is 0 Å². The van der Waals surface area contributed by atoms with Crippen molar-refractivity contribution in [3.8, 4) is 23.0 Å². The normalized spacial score (nSPS) is 12.2. The van der Waals surface area contributed by atoms with Gasteiger partial charge in [-0.3, -0.25) is 0 Å². The lowest BCUT2D eigenvalue weighted by molar-refractivity contribution is 0.0686. The van der Waals surface area contributed by atoms with Crippen LogP contribution in [-0.2, 0) is 13.2 Å². The molecule has 2 heterocycles. The number of carboxylic acid groups (broad SMARTS) is 1. The summed E-state index contributed by atoms with van der Waals surface area (Å²) in [7, 11) is 1.62. The fourth-order valence-electron chi connectivity index (χ4n) is 3.87. The van der Waals surface area contributed by atoms with Crippen molar-refractivity contribution in [3.05, 3.63) is 82.5 Å². The van der Waals surface area contributed by atoms with Gasteiger partial charge in [-0.25, -0.2) is 4.79 Å². The predicted molar refractivity (Wildman–Crippen MR) is 123 cm³/mol. The number of carboxylic acids is 1. The summed E-state index contributed by atoms with van der Waals surface area (Å²) in [5.74, 6) is 1.55. The van der Waals surface area contributed by atoms with E-state index in [4.69, 9.17) is 30.5 Å². The van der Waals surface area contributed by atoms with Crippen LogP contribution in [0.3, 0.4) is 0 Å². The Balaban J connectivity index is 1.44. The Morgan fingerprint density at radius 2 is 1.88 bits per heavy atom. The zero-order valence-corrected chi connectivity index (χ0v) is 18.5. The van der Waals surface area contributed by atoms with Crippen LogP contribution in [0.1, 0.15) is 21.6 Å². The quantitative estimate of drug-likeness (QED) is 0.396. The number of hydrogen-bond acceptors (Lipinski definition) is 5. The first kappa shape index (κ1) is 21.0. The van der Waals surface area contributed by atoms with E-state index in [0.717, 1.165) is 27.8 Å². The molecule has 33 heavy (non-hydrogen) atoms. The summed E-state index contributed by atoms with van der Waals surface area (Å²) in [6, 6.07) is 18.3. The van der Waals surface area contributed by atoms with Gasteiger partial charge < -0.3 is 28.6 Å². The van der Waals surface area contributed by atoms with Gasteiger partial charge in [0.1, 0.15) is 23.8 Å². The lowest BCUT2D eigenvalue weighted by Crippen LogP contribution is -2.09. The number of methoxy groups -OCH3 is 1. The number of aromatic nitrogens is 1. The molecular formula is C25H20ClNO6. The molecule has 5 rings (SSSR count). The van der Waals surface area contributed by atoms with E-state index in [0.29, 0.717) is 28.9 Å². The highest BCUT2D eigenvalue weighted by molar-refractivity contribution is 6.31. The molecule has 8 heteroatoms. The number of benzene rings is 3. The van der Waals surface area contributed by atoms with Crippen LogP contribution >= 0.6 is 11.6 Å². The van der Waals surface area contributed by atoms with Crippen molar-refractivity contribution < 1.29 is 28.8 Å². The smallest absolute Gasteiger partial charge is 0.352 e.